The molecule has 0 aromatic heterocycles. The second kappa shape index (κ2) is 5.94. The number of para-hydroxylation sites is 2. The zero-order chi connectivity index (χ0) is 14.7. The minimum absolute atomic E-state index is 0.153. The summed E-state index contributed by atoms with van der Waals surface area (Å²) in [7, 11) is 3.21. The Bertz CT molecular complexity index is 514. The molecule has 0 bridgehead atoms. The van der Waals surface area contributed by atoms with E-state index in [1.165, 1.54) is 4.90 Å². The summed E-state index contributed by atoms with van der Waals surface area (Å²) in [5.41, 5.74) is 0.663. The van der Waals surface area contributed by atoms with Crippen molar-refractivity contribution in [2.24, 2.45) is 11.8 Å². The summed E-state index contributed by atoms with van der Waals surface area (Å²) in [6, 6.07) is 7.23. The number of carbonyl (C=O) groups is 2. The average molecular weight is 277 g/mol. The van der Waals surface area contributed by atoms with Crippen molar-refractivity contribution in [1.29, 1.82) is 0 Å². The van der Waals surface area contributed by atoms with Crippen LogP contribution in [0.15, 0.2) is 24.3 Å². The molecule has 2 atom stereocenters. The molecule has 1 aromatic carbocycles. The quantitative estimate of drug-likeness (QED) is 0.915. The van der Waals surface area contributed by atoms with Crippen LogP contribution >= 0.6 is 0 Å². The van der Waals surface area contributed by atoms with Crippen LogP contribution in [0.2, 0.25) is 0 Å². The molecule has 0 unspecified atom stereocenters. The van der Waals surface area contributed by atoms with Crippen LogP contribution in [0.4, 0.5) is 5.69 Å². The first-order valence-corrected chi connectivity index (χ1v) is 6.69. The van der Waals surface area contributed by atoms with Gasteiger partial charge in [0.25, 0.3) is 0 Å². The molecule has 1 N–H and O–H groups in total. The van der Waals surface area contributed by atoms with Crippen molar-refractivity contribution in [1.82, 2.24) is 0 Å². The van der Waals surface area contributed by atoms with Gasteiger partial charge in [-0.15, -0.1) is 0 Å². The third-order valence-corrected chi connectivity index (χ3v) is 3.93. The minimum Gasteiger partial charge on any atom is -0.495 e. The van der Waals surface area contributed by atoms with Crippen LogP contribution in [0.1, 0.15) is 19.3 Å². The molecule has 0 heterocycles. The molecule has 5 heteroatoms. The lowest BCUT2D eigenvalue weighted by Crippen LogP contribution is -2.37. The summed E-state index contributed by atoms with van der Waals surface area (Å²) < 4.78 is 5.24. The van der Waals surface area contributed by atoms with E-state index in [4.69, 9.17) is 4.74 Å². The number of benzene rings is 1. The normalized spacial score (nSPS) is 21.5. The molecule has 20 heavy (non-hydrogen) atoms. The second-order valence-corrected chi connectivity index (χ2v) is 5.05. The highest BCUT2D eigenvalue weighted by atomic mass is 16.5. The topological polar surface area (TPSA) is 66.8 Å². The smallest absolute Gasteiger partial charge is 0.307 e. The molecule has 2 rings (SSSR count). The van der Waals surface area contributed by atoms with Crippen LogP contribution in [0, 0.1) is 11.8 Å². The van der Waals surface area contributed by atoms with E-state index >= 15 is 0 Å². The molecule has 0 aliphatic heterocycles. The number of carboxylic acids is 1. The van der Waals surface area contributed by atoms with E-state index in [1.807, 2.05) is 12.1 Å². The first kappa shape index (κ1) is 14.4. The second-order valence-electron chi connectivity index (χ2n) is 5.05. The maximum Gasteiger partial charge on any atom is 0.307 e. The van der Waals surface area contributed by atoms with Crippen molar-refractivity contribution in [3.05, 3.63) is 24.3 Å². The number of ether oxygens (including phenoxy) is 1. The molecule has 1 saturated carbocycles. The zero-order valence-electron chi connectivity index (χ0n) is 11.7. The third-order valence-electron chi connectivity index (χ3n) is 3.93. The summed E-state index contributed by atoms with van der Waals surface area (Å²) in [5.74, 6) is -1.44. The fourth-order valence-corrected chi connectivity index (χ4v) is 2.83. The van der Waals surface area contributed by atoms with E-state index in [2.05, 4.69) is 0 Å². The highest BCUT2D eigenvalue weighted by Crippen LogP contribution is 2.35. The maximum atomic E-state index is 12.5. The Labute approximate surface area is 118 Å². The molecule has 1 aromatic rings. The minimum atomic E-state index is -0.880. The summed E-state index contributed by atoms with van der Waals surface area (Å²) >= 11 is 0. The van der Waals surface area contributed by atoms with Crippen LogP contribution in [-0.4, -0.2) is 31.1 Å². The predicted molar refractivity (Wildman–Crippen MR) is 74.9 cm³/mol. The average Bonchev–Trinajstić information content (AvgIpc) is 2.95. The van der Waals surface area contributed by atoms with E-state index in [-0.39, 0.29) is 5.91 Å². The summed E-state index contributed by atoms with van der Waals surface area (Å²) in [6.45, 7) is 0. The predicted octanol–water partition coefficient (Wildman–Crippen LogP) is 2.16. The Morgan fingerprint density at radius 3 is 2.55 bits per heavy atom. The van der Waals surface area contributed by atoms with Crippen LogP contribution in [0.25, 0.3) is 0 Å². The van der Waals surface area contributed by atoms with E-state index < -0.39 is 17.8 Å². The third kappa shape index (κ3) is 2.61. The van der Waals surface area contributed by atoms with Gasteiger partial charge in [-0.1, -0.05) is 18.6 Å². The first-order valence-electron chi connectivity index (χ1n) is 6.69. The molecule has 0 radical (unpaired) electrons. The van der Waals surface area contributed by atoms with E-state index in [9.17, 15) is 14.7 Å². The molecular formula is C15H19NO4. The van der Waals surface area contributed by atoms with Gasteiger partial charge in [0.2, 0.25) is 5.91 Å². The number of nitrogens with zero attached hydrogens (tertiary/aromatic N) is 1. The number of aliphatic carboxylic acids is 1. The van der Waals surface area contributed by atoms with Gasteiger partial charge < -0.3 is 14.7 Å². The van der Waals surface area contributed by atoms with Gasteiger partial charge in [0, 0.05) is 7.05 Å². The van der Waals surface area contributed by atoms with Crippen molar-refractivity contribution in [3.8, 4) is 5.75 Å². The Balaban J connectivity index is 2.22. The number of hydrogen-bond donors (Lipinski definition) is 1. The summed E-state index contributed by atoms with van der Waals surface area (Å²) in [4.78, 5) is 25.2. The van der Waals surface area contributed by atoms with Gasteiger partial charge >= 0.3 is 5.97 Å². The summed E-state index contributed by atoms with van der Waals surface area (Å²) in [5, 5.41) is 9.19. The largest absolute Gasteiger partial charge is 0.495 e. The number of methoxy groups -OCH3 is 1. The molecular weight excluding hydrogens is 258 g/mol. The van der Waals surface area contributed by atoms with E-state index in [0.29, 0.717) is 24.3 Å². The van der Waals surface area contributed by atoms with Crippen LogP contribution < -0.4 is 9.64 Å². The number of hydrogen-bond acceptors (Lipinski definition) is 3. The Morgan fingerprint density at radius 2 is 1.90 bits per heavy atom. The molecule has 108 valence electrons. The van der Waals surface area contributed by atoms with Gasteiger partial charge in [-0.2, -0.15) is 0 Å². The fraction of sp³-hybridized carbons (Fsp3) is 0.467. The van der Waals surface area contributed by atoms with E-state index in [1.54, 1.807) is 26.3 Å². The fourth-order valence-electron chi connectivity index (χ4n) is 2.83. The van der Waals surface area contributed by atoms with Crippen molar-refractivity contribution < 1.29 is 19.4 Å². The van der Waals surface area contributed by atoms with Crippen molar-refractivity contribution in [2.75, 3.05) is 19.1 Å². The van der Waals surface area contributed by atoms with Gasteiger partial charge in [0.15, 0.2) is 0 Å². The van der Waals surface area contributed by atoms with E-state index in [0.717, 1.165) is 6.42 Å². The molecule has 5 nitrogen and oxygen atoms in total. The highest BCUT2D eigenvalue weighted by molar-refractivity contribution is 5.98. The Hall–Kier alpha value is -2.04. The zero-order valence-corrected chi connectivity index (χ0v) is 11.7. The number of amides is 1. The van der Waals surface area contributed by atoms with Gasteiger partial charge in [-0.3, -0.25) is 9.59 Å². The molecule has 1 aliphatic carbocycles. The summed E-state index contributed by atoms with van der Waals surface area (Å²) in [6.07, 6.45) is 1.99. The Kier molecular flexibility index (Phi) is 4.27. The SMILES string of the molecule is COc1ccccc1N(C)C(=O)[C@@H]1CCC[C@@H]1C(=O)O. The lowest BCUT2D eigenvalue weighted by molar-refractivity contribution is -0.145. The number of rotatable bonds is 4. The monoisotopic (exact) mass is 277 g/mol. The van der Waals surface area contributed by atoms with Gasteiger partial charge in [0.1, 0.15) is 5.75 Å². The molecule has 0 spiro atoms. The molecule has 1 aliphatic rings. The molecule has 1 fully saturated rings. The standard InChI is InChI=1S/C15H19NO4/c1-16(12-8-3-4-9-13(12)20-2)14(17)10-6-5-7-11(10)15(18)19/h3-4,8-11H,5-7H2,1-2H3,(H,18,19)/t10-,11+/m1/s1. The highest BCUT2D eigenvalue weighted by Gasteiger charge is 2.39. The number of carbonyl (C=O) groups excluding carboxylic acids is 1. The van der Waals surface area contributed by atoms with Crippen LogP contribution in [-0.2, 0) is 9.59 Å². The van der Waals surface area contributed by atoms with Gasteiger partial charge in [-0.05, 0) is 25.0 Å². The van der Waals surface area contributed by atoms with Crippen LogP contribution in [0.5, 0.6) is 5.75 Å². The Morgan fingerprint density at radius 1 is 1.25 bits per heavy atom. The number of carboxylic acid groups (broad SMARTS) is 1. The lowest BCUT2D eigenvalue weighted by atomic mass is 9.94. The van der Waals surface area contributed by atoms with Gasteiger partial charge in [0.05, 0.1) is 24.6 Å². The van der Waals surface area contributed by atoms with Crippen molar-refractivity contribution in [2.45, 2.75) is 19.3 Å². The van der Waals surface area contributed by atoms with Crippen molar-refractivity contribution >= 4 is 17.6 Å². The van der Waals surface area contributed by atoms with Gasteiger partial charge in [-0.25, -0.2) is 0 Å². The maximum absolute atomic E-state index is 12.5. The first-order chi connectivity index (χ1) is 9.56. The van der Waals surface area contributed by atoms with Crippen LogP contribution in [0.3, 0.4) is 0 Å². The lowest BCUT2D eigenvalue weighted by Gasteiger charge is -2.24. The molecule has 1 amide bonds. The number of anilines is 1. The van der Waals surface area contributed by atoms with Crippen molar-refractivity contribution in [3.63, 3.8) is 0 Å². The molecule has 0 saturated heterocycles.